The zero-order valence-corrected chi connectivity index (χ0v) is 18.6. The van der Waals surface area contributed by atoms with Crippen LogP contribution in [0, 0.1) is 13.8 Å². The maximum absolute atomic E-state index is 6.05. The van der Waals surface area contributed by atoms with Gasteiger partial charge in [-0.2, -0.15) is 0 Å². The van der Waals surface area contributed by atoms with E-state index in [2.05, 4.69) is 110 Å². The van der Waals surface area contributed by atoms with E-state index in [0.717, 1.165) is 39.6 Å². The van der Waals surface area contributed by atoms with Gasteiger partial charge in [0.2, 0.25) is 0 Å². The molecule has 0 spiro atoms. The molecule has 0 fully saturated rings. The van der Waals surface area contributed by atoms with Gasteiger partial charge in [0.25, 0.3) is 0 Å². The molecule has 3 heteroatoms. The van der Waals surface area contributed by atoms with Crippen molar-refractivity contribution in [2.75, 3.05) is 17.2 Å². The fraction of sp³-hybridized carbons (Fsp3) is 0.103. The lowest BCUT2D eigenvalue weighted by Gasteiger charge is -2.22. The minimum absolute atomic E-state index is 0.428. The number of nitrogens with one attached hydrogen (secondary N) is 2. The van der Waals surface area contributed by atoms with Gasteiger partial charge in [0.15, 0.2) is 0 Å². The molecule has 4 rings (SSSR count). The van der Waals surface area contributed by atoms with E-state index in [4.69, 9.17) is 4.74 Å². The second-order valence-corrected chi connectivity index (χ2v) is 7.81. The lowest BCUT2D eigenvalue weighted by atomic mass is 10.0. The van der Waals surface area contributed by atoms with Crippen LogP contribution in [0.5, 0.6) is 5.75 Å². The van der Waals surface area contributed by atoms with Gasteiger partial charge in [0, 0.05) is 16.9 Å². The fourth-order valence-electron chi connectivity index (χ4n) is 3.53. The number of anilines is 4. The van der Waals surface area contributed by atoms with E-state index in [-0.39, 0.29) is 0 Å². The molecule has 160 valence electrons. The van der Waals surface area contributed by atoms with E-state index in [1.807, 2.05) is 12.1 Å². The quantitative estimate of drug-likeness (QED) is 0.283. The molecule has 0 aromatic heterocycles. The molecule has 0 bridgehead atoms. The normalized spacial score (nSPS) is 10.4. The summed E-state index contributed by atoms with van der Waals surface area (Å²) < 4.78 is 6.05. The molecule has 0 aliphatic carbocycles. The first-order valence-electron chi connectivity index (χ1n) is 10.8. The molecule has 0 atom stereocenters. The molecule has 0 heterocycles. The first kappa shape index (κ1) is 21.3. The Hall–Kier alpha value is -3.98. The summed E-state index contributed by atoms with van der Waals surface area (Å²) in [4.78, 5) is 0. The number of aryl methyl sites for hydroxylation is 2. The van der Waals surface area contributed by atoms with Crippen molar-refractivity contribution in [3.05, 3.63) is 115 Å². The second kappa shape index (κ2) is 9.88. The van der Waals surface area contributed by atoms with Gasteiger partial charge in [-0.25, -0.2) is 0 Å². The van der Waals surface area contributed by atoms with Gasteiger partial charge >= 0.3 is 0 Å². The molecule has 0 saturated heterocycles. The average Bonchev–Trinajstić information content (AvgIpc) is 2.82. The molecule has 0 radical (unpaired) electrons. The lowest BCUT2D eigenvalue weighted by molar-refractivity contribution is 0.365. The molecule has 0 unspecified atom stereocenters. The summed E-state index contributed by atoms with van der Waals surface area (Å²) in [6, 6.07) is 31.3. The Morgan fingerprint density at radius 2 is 1.25 bits per heavy atom. The Bertz CT molecular complexity index is 1180. The summed E-state index contributed by atoms with van der Waals surface area (Å²) in [5.74, 6) is 0.764. The van der Waals surface area contributed by atoms with Crippen molar-refractivity contribution in [1.82, 2.24) is 0 Å². The summed E-state index contributed by atoms with van der Waals surface area (Å²) in [7, 11) is 0. The van der Waals surface area contributed by atoms with Crippen LogP contribution in [-0.2, 0) is 0 Å². The standard InChI is InChI=1S/C29H28N2O/c1-4-20-32-27-19-18-26(23-8-6-5-7-9-23)28(30-24-14-10-21(2)11-15-24)29(27)31-25-16-12-22(3)13-17-25/h4-19,30-31H,1,20H2,2-3H3. The van der Waals surface area contributed by atoms with Gasteiger partial charge in [-0.15, -0.1) is 0 Å². The van der Waals surface area contributed by atoms with Crippen molar-refractivity contribution in [2.24, 2.45) is 0 Å². The van der Waals surface area contributed by atoms with E-state index in [9.17, 15) is 0 Å². The van der Waals surface area contributed by atoms with E-state index < -0.39 is 0 Å². The van der Waals surface area contributed by atoms with Crippen LogP contribution in [0.4, 0.5) is 22.7 Å². The molecular weight excluding hydrogens is 392 g/mol. The smallest absolute Gasteiger partial charge is 0.145 e. The highest BCUT2D eigenvalue weighted by molar-refractivity contribution is 5.94. The van der Waals surface area contributed by atoms with Gasteiger partial charge in [-0.05, 0) is 55.8 Å². The van der Waals surface area contributed by atoms with Gasteiger partial charge in [-0.3, -0.25) is 0 Å². The Labute approximate surface area is 190 Å². The summed E-state index contributed by atoms with van der Waals surface area (Å²) in [5, 5.41) is 7.24. The van der Waals surface area contributed by atoms with E-state index >= 15 is 0 Å². The van der Waals surface area contributed by atoms with Crippen LogP contribution in [0.15, 0.2) is 104 Å². The Morgan fingerprint density at radius 3 is 1.81 bits per heavy atom. The third-order valence-corrected chi connectivity index (χ3v) is 5.25. The highest BCUT2D eigenvalue weighted by Gasteiger charge is 2.17. The predicted octanol–water partition coefficient (Wildman–Crippen LogP) is 8.02. The summed E-state index contributed by atoms with van der Waals surface area (Å²) in [5.41, 5.74) is 8.52. The van der Waals surface area contributed by atoms with E-state index in [1.165, 1.54) is 11.1 Å². The molecule has 3 nitrogen and oxygen atoms in total. The predicted molar refractivity (Wildman–Crippen MR) is 136 cm³/mol. The minimum Gasteiger partial charge on any atom is -0.487 e. The van der Waals surface area contributed by atoms with Gasteiger partial charge in [0.1, 0.15) is 18.0 Å². The highest BCUT2D eigenvalue weighted by atomic mass is 16.5. The Balaban J connectivity index is 1.87. The molecular formula is C29H28N2O. The summed E-state index contributed by atoms with van der Waals surface area (Å²) >= 11 is 0. The van der Waals surface area contributed by atoms with Crippen LogP contribution in [0.3, 0.4) is 0 Å². The highest BCUT2D eigenvalue weighted by Crippen LogP contribution is 2.43. The summed E-state index contributed by atoms with van der Waals surface area (Å²) in [6.45, 7) is 8.41. The van der Waals surface area contributed by atoms with Crippen molar-refractivity contribution in [3.63, 3.8) is 0 Å². The Kier molecular flexibility index (Phi) is 6.57. The van der Waals surface area contributed by atoms with Crippen LogP contribution in [0.1, 0.15) is 11.1 Å². The van der Waals surface area contributed by atoms with Crippen LogP contribution in [0.2, 0.25) is 0 Å². The van der Waals surface area contributed by atoms with Crippen LogP contribution in [0.25, 0.3) is 11.1 Å². The maximum Gasteiger partial charge on any atom is 0.145 e. The molecule has 4 aromatic rings. The maximum atomic E-state index is 6.05. The largest absolute Gasteiger partial charge is 0.487 e. The second-order valence-electron chi connectivity index (χ2n) is 7.81. The lowest BCUT2D eigenvalue weighted by Crippen LogP contribution is -2.04. The molecule has 0 aliphatic rings. The minimum atomic E-state index is 0.428. The Morgan fingerprint density at radius 1 is 0.688 bits per heavy atom. The van der Waals surface area contributed by atoms with Crippen molar-refractivity contribution in [1.29, 1.82) is 0 Å². The SMILES string of the molecule is C=CCOc1ccc(-c2ccccc2)c(Nc2ccc(C)cc2)c1Nc1ccc(C)cc1. The molecule has 4 aromatic carbocycles. The van der Waals surface area contributed by atoms with E-state index in [0.29, 0.717) is 6.61 Å². The monoisotopic (exact) mass is 420 g/mol. The topological polar surface area (TPSA) is 33.3 Å². The number of rotatable bonds is 8. The van der Waals surface area contributed by atoms with Gasteiger partial charge < -0.3 is 15.4 Å². The average molecular weight is 421 g/mol. The van der Waals surface area contributed by atoms with Crippen molar-refractivity contribution < 1.29 is 4.74 Å². The molecule has 0 aliphatic heterocycles. The van der Waals surface area contributed by atoms with Crippen molar-refractivity contribution >= 4 is 22.7 Å². The third kappa shape index (κ3) is 5.01. The number of ether oxygens (including phenoxy) is 1. The molecule has 0 amide bonds. The molecule has 2 N–H and O–H groups in total. The van der Waals surface area contributed by atoms with Gasteiger partial charge in [0.05, 0.1) is 5.69 Å². The first-order valence-corrected chi connectivity index (χ1v) is 10.8. The number of benzene rings is 4. The van der Waals surface area contributed by atoms with Crippen molar-refractivity contribution in [2.45, 2.75) is 13.8 Å². The molecule has 32 heavy (non-hydrogen) atoms. The van der Waals surface area contributed by atoms with Gasteiger partial charge in [-0.1, -0.05) is 78.4 Å². The van der Waals surface area contributed by atoms with Crippen LogP contribution < -0.4 is 15.4 Å². The summed E-state index contributed by atoms with van der Waals surface area (Å²) in [6.07, 6.45) is 1.76. The van der Waals surface area contributed by atoms with Crippen LogP contribution in [-0.4, -0.2) is 6.61 Å². The zero-order valence-electron chi connectivity index (χ0n) is 18.6. The zero-order chi connectivity index (χ0) is 22.3. The first-order chi connectivity index (χ1) is 15.6. The van der Waals surface area contributed by atoms with Crippen molar-refractivity contribution in [3.8, 4) is 16.9 Å². The number of hydrogen-bond acceptors (Lipinski definition) is 3. The molecule has 0 saturated carbocycles. The van der Waals surface area contributed by atoms with Crippen LogP contribution >= 0.6 is 0 Å². The van der Waals surface area contributed by atoms with E-state index in [1.54, 1.807) is 6.08 Å². The number of hydrogen-bond donors (Lipinski definition) is 2. The fourth-order valence-corrected chi connectivity index (χ4v) is 3.53. The third-order valence-electron chi connectivity index (χ3n) is 5.25.